The Kier molecular flexibility index (Phi) is 3.58. The minimum absolute atomic E-state index is 0.179. The molecule has 0 spiro atoms. The molecular formula is C16H23FN2O2. The number of fused-ring (bicyclic) bond motifs is 1. The Morgan fingerprint density at radius 3 is 2.57 bits per heavy atom. The fourth-order valence-electron chi connectivity index (χ4n) is 3.39. The Labute approximate surface area is 125 Å². The van der Waals surface area contributed by atoms with E-state index in [4.69, 9.17) is 15.2 Å². The van der Waals surface area contributed by atoms with E-state index in [1.165, 1.54) is 0 Å². The van der Waals surface area contributed by atoms with E-state index in [2.05, 4.69) is 11.9 Å². The third-order valence-electron chi connectivity index (χ3n) is 4.51. The van der Waals surface area contributed by atoms with Crippen molar-refractivity contribution < 1.29 is 13.9 Å². The summed E-state index contributed by atoms with van der Waals surface area (Å²) in [6, 6.07) is 3.92. The molecule has 0 radical (unpaired) electrons. The van der Waals surface area contributed by atoms with Crippen LogP contribution in [0.5, 0.6) is 11.5 Å². The van der Waals surface area contributed by atoms with Gasteiger partial charge in [-0.3, -0.25) is 4.90 Å². The number of benzene rings is 1. The Bertz CT molecular complexity index is 542. The molecule has 0 aromatic heterocycles. The molecule has 2 aliphatic heterocycles. The van der Waals surface area contributed by atoms with Crippen molar-refractivity contribution in [2.75, 3.05) is 26.9 Å². The molecule has 0 aliphatic carbocycles. The van der Waals surface area contributed by atoms with Crippen molar-refractivity contribution in [3.63, 3.8) is 0 Å². The van der Waals surface area contributed by atoms with Crippen molar-refractivity contribution in [3.8, 4) is 11.5 Å². The SMILES string of the molecule is CN1CC(CN)CC1c1cc2c(cc1C(C)(C)F)OCO2. The van der Waals surface area contributed by atoms with Crippen LogP contribution in [0.4, 0.5) is 4.39 Å². The van der Waals surface area contributed by atoms with Crippen LogP contribution in [0.1, 0.15) is 37.4 Å². The summed E-state index contributed by atoms with van der Waals surface area (Å²) in [6.45, 7) is 4.99. The van der Waals surface area contributed by atoms with Crippen LogP contribution >= 0.6 is 0 Å². The van der Waals surface area contributed by atoms with E-state index in [-0.39, 0.29) is 12.8 Å². The van der Waals surface area contributed by atoms with Gasteiger partial charge in [0.15, 0.2) is 11.5 Å². The molecule has 2 aliphatic rings. The maximum Gasteiger partial charge on any atom is 0.231 e. The smallest absolute Gasteiger partial charge is 0.231 e. The van der Waals surface area contributed by atoms with E-state index < -0.39 is 5.67 Å². The van der Waals surface area contributed by atoms with E-state index >= 15 is 0 Å². The second kappa shape index (κ2) is 5.14. The fraction of sp³-hybridized carbons (Fsp3) is 0.625. The first-order valence-electron chi connectivity index (χ1n) is 7.43. The molecule has 0 saturated carbocycles. The van der Waals surface area contributed by atoms with Gasteiger partial charge in [0.05, 0.1) is 0 Å². The van der Waals surface area contributed by atoms with Gasteiger partial charge in [0, 0.05) is 12.6 Å². The molecular weight excluding hydrogens is 271 g/mol. The third-order valence-corrected chi connectivity index (χ3v) is 4.51. The van der Waals surface area contributed by atoms with Crippen molar-refractivity contribution in [3.05, 3.63) is 23.3 Å². The largest absolute Gasteiger partial charge is 0.454 e. The lowest BCUT2D eigenvalue weighted by Crippen LogP contribution is -2.23. The average Bonchev–Trinajstić information content (AvgIpc) is 3.01. The number of nitrogens with zero attached hydrogens (tertiary/aromatic N) is 1. The molecule has 2 heterocycles. The van der Waals surface area contributed by atoms with Gasteiger partial charge in [0.25, 0.3) is 0 Å². The molecule has 5 heteroatoms. The van der Waals surface area contributed by atoms with E-state index in [1.54, 1.807) is 19.9 Å². The van der Waals surface area contributed by atoms with Crippen LogP contribution in [-0.2, 0) is 5.67 Å². The van der Waals surface area contributed by atoms with Crippen LogP contribution in [0.2, 0.25) is 0 Å². The maximum absolute atomic E-state index is 14.7. The zero-order valence-corrected chi connectivity index (χ0v) is 12.9. The van der Waals surface area contributed by atoms with Crippen molar-refractivity contribution >= 4 is 0 Å². The minimum atomic E-state index is -1.42. The van der Waals surface area contributed by atoms with Crippen molar-refractivity contribution in [2.24, 2.45) is 11.7 Å². The number of halogens is 1. The zero-order valence-electron chi connectivity index (χ0n) is 12.9. The molecule has 116 valence electrons. The quantitative estimate of drug-likeness (QED) is 0.931. The second-order valence-electron chi connectivity index (χ2n) is 6.56. The zero-order chi connectivity index (χ0) is 15.2. The van der Waals surface area contributed by atoms with Crippen LogP contribution in [0.15, 0.2) is 12.1 Å². The van der Waals surface area contributed by atoms with Crippen LogP contribution < -0.4 is 15.2 Å². The minimum Gasteiger partial charge on any atom is -0.454 e. The van der Waals surface area contributed by atoms with E-state index in [0.717, 1.165) is 18.5 Å². The number of ether oxygens (including phenoxy) is 2. The summed E-state index contributed by atoms with van der Waals surface area (Å²) in [5.74, 6) is 1.80. The molecule has 21 heavy (non-hydrogen) atoms. The Morgan fingerprint density at radius 2 is 2.00 bits per heavy atom. The number of hydrogen-bond acceptors (Lipinski definition) is 4. The first kappa shape index (κ1) is 14.6. The Hall–Kier alpha value is -1.33. The normalized spacial score (nSPS) is 25.6. The van der Waals surface area contributed by atoms with Gasteiger partial charge in [-0.25, -0.2) is 4.39 Å². The molecule has 1 aromatic carbocycles. The van der Waals surface area contributed by atoms with Crippen molar-refractivity contribution in [1.82, 2.24) is 4.90 Å². The highest BCUT2D eigenvalue weighted by Gasteiger charge is 2.36. The predicted molar refractivity (Wildman–Crippen MR) is 79.2 cm³/mol. The number of rotatable bonds is 3. The summed E-state index contributed by atoms with van der Waals surface area (Å²) in [5.41, 5.74) is 6.06. The topological polar surface area (TPSA) is 47.7 Å². The van der Waals surface area contributed by atoms with Gasteiger partial charge < -0.3 is 15.2 Å². The van der Waals surface area contributed by atoms with Crippen LogP contribution in [0.25, 0.3) is 0 Å². The predicted octanol–water partition coefficient (Wildman–Crippen LogP) is 2.57. The maximum atomic E-state index is 14.7. The lowest BCUT2D eigenvalue weighted by molar-refractivity contribution is 0.173. The van der Waals surface area contributed by atoms with Crippen molar-refractivity contribution in [2.45, 2.75) is 32.0 Å². The van der Waals surface area contributed by atoms with Gasteiger partial charge in [-0.15, -0.1) is 0 Å². The summed E-state index contributed by atoms with van der Waals surface area (Å²) < 4.78 is 25.5. The summed E-state index contributed by atoms with van der Waals surface area (Å²) in [5, 5.41) is 0. The van der Waals surface area contributed by atoms with Gasteiger partial charge >= 0.3 is 0 Å². The molecule has 0 bridgehead atoms. The summed E-state index contributed by atoms with van der Waals surface area (Å²) >= 11 is 0. The highest BCUT2D eigenvalue weighted by molar-refractivity contribution is 5.51. The molecule has 2 atom stereocenters. The van der Waals surface area contributed by atoms with Gasteiger partial charge in [-0.05, 0) is 63.0 Å². The average molecular weight is 294 g/mol. The van der Waals surface area contributed by atoms with Crippen LogP contribution in [0, 0.1) is 5.92 Å². The standard InChI is InChI=1S/C16H23FN2O2/c1-16(2,17)12-6-15-14(20-9-21-15)5-11(12)13-4-10(7-18)8-19(13)3/h5-6,10,13H,4,7-9,18H2,1-3H3. The molecule has 1 aromatic rings. The molecule has 2 N–H and O–H groups in total. The fourth-order valence-corrected chi connectivity index (χ4v) is 3.39. The Morgan fingerprint density at radius 1 is 1.33 bits per heavy atom. The molecule has 4 nitrogen and oxygen atoms in total. The van der Waals surface area contributed by atoms with Crippen LogP contribution in [-0.4, -0.2) is 31.8 Å². The lowest BCUT2D eigenvalue weighted by atomic mass is 9.88. The van der Waals surface area contributed by atoms with Gasteiger partial charge in [0.2, 0.25) is 6.79 Å². The number of likely N-dealkylation sites (tertiary alicyclic amines) is 1. The summed E-state index contributed by atoms with van der Waals surface area (Å²) in [7, 11) is 2.07. The highest BCUT2D eigenvalue weighted by atomic mass is 19.1. The van der Waals surface area contributed by atoms with E-state index in [9.17, 15) is 4.39 Å². The molecule has 3 rings (SSSR count). The molecule has 1 fully saturated rings. The third kappa shape index (κ3) is 2.60. The number of alkyl halides is 1. The highest BCUT2D eigenvalue weighted by Crippen LogP contribution is 2.45. The van der Waals surface area contributed by atoms with E-state index in [0.29, 0.717) is 29.5 Å². The number of hydrogen-bond donors (Lipinski definition) is 1. The first-order chi connectivity index (χ1) is 9.90. The monoisotopic (exact) mass is 294 g/mol. The second-order valence-corrected chi connectivity index (χ2v) is 6.56. The summed E-state index contributed by atoms with van der Waals surface area (Å²) in [4.78, 5) is 2.25. The molecule has 2 unspecified atom stereocenters. The number of nitrogens with two attached hydrogens (primary N) is 1. The van der Waals surface area contributed by atoms with Gasteiger partial charge in [-0.1, -0.05) is 0 Å². The first-order valence-corrected chi connectivity index (χ1v) is 7.43. The lowest BCUT2D eigenvalue weighted by Gasteiger charge is -2.27. The van der Waals surface area contributed by atoms with Crippen molar-refractivity contribution in [1.29, 1.82) is 0 Å². The molecule has 1 saturated heterocycles. The van der Waals surface area contributed by atoms with Crippen LogP contribution in [0.3, 0.4) is 0 Å². The van der Waals surface area contributed by atoms with Gasteiger partial charge in [0.1, 0.15) is 5.67 Å². The summed E-state index contributed by atoms with van der Waals surface area (Å²) in [6.07, 6.45) is 0.954. The Balaban J connectivity index is 2.04. The van der Waals surface area contributed by atoms with Gasteiger partial charge in [-0.2, -0.15) is 0 Å². The molecule has 0 amide bonds. The van der Waals surface area contributed by atoms with E-state index in [1.807, 2.05) is 6.07 Å².